The van der Waals surface area contributed by atoms with Crippen molar-refractivity contribution in [1.82, 2.24) is 14.8 Å². The van der Waals surface area contributed by atoms with Crippen LogP contribution in [0.4, 0.5) is 8.78 Å². The zero-order valence-corrected chi connectivity index (χ0v) is 13.1. The molecule has 1 aromatic carbocycles. The maximum atomic E-state index is 12.4. The minimum absolute atomic E-state index is 0.0400. The number of carbonyl (C=O) groups excluding carboxylic acids is 1. The van der Waals surface area contributed by atoms with Gasteiger partial charge in [-0.25, -0.2) is 4.68 Å². The average molecular weight is 331 g/mol. The molecule has 0 saturated heterocycles. The van der Waals surface area contributed by atoms with Gasteiger partial charge in [0.2, 0.25) is 0 Å². The molecular weight excluding hydrogens is 316 g/mol. The first-order chi connectivity index (χ1) is 11.5. The molecule has 5 nitrogen and oxygen atoms in total. The molecule has 3 aromatic rings. The molecule has 0 fully saturated rings. The molecule has 7 heteroatoms. The monoisotopic (exact) mass is 331 g/mol. The fourth-order valence-corrected chi connectivity index (χ4v) is 2.55. The van der Waals surface area contributed by atoms with Crippen molar-refractivity contribution in [2.45, 2.75) is 26.4 Å². The molecule has 0 N–H and O–H groups in total. The van der Waals surface area contributed by atoms with Crippen molar-refractivity contribution in [2.24, 2.45) is 0 Å². The van der Waals surface area contributed by atoms with E-state index in [1.807, 2.05) is 13.8 Å². The molecule has 3 rings (SSSR count). The van der Waals surface area contributed by atoms with Gasteiger partial charge in [-0.05, 0) is 24.1 Å². The molecule has 0 saturated carbocycles. The first kappa shape index (κ1) is 16.0. The summed E-state index contributed by atoms with van der Waals surface area (Å²) in [6, 6.07) is 6.68. The second-order valence-corrected chi connectivity index (χ2v) is 5.60. The van der Waals surface area contributed by atoms with E-state index in [2.05, 4.69) is 14.8 Å². The molecule has 124 valence electrons. The molecular formula is C17H15F2N3O2. The van der Waals surface area contributed by atoms with Crippen LogP contribution in [0.5, 0.6) is 5.75 Å². The van der Waals surface area contributed by atoms with Crippen LogP contribution in [0.3, 0.4) is 0 Å². The first-order valence-electron chi connectivity index (χ1n) is 7.37. The van der Waals surface area contributed by atoms with Gasteiger partial charge in [0, 0.05) is 17.0 Å². The number of ether oxygens (including phenoxy) is 1. The van der Waals surface area contributed by atoms with Crippen LogP contribution in [0.25, 0.3) is 16.6 Å². The fraction of sp³-hybridized carbons (Fsp3) is 0.235. The number of rotatable bonds is 5. The van der Waals surface area contributed by atoms with Crippen molar-refractivity contribution >= 4 is 17.2 Å². The molecule has 24 heavy (non-hydrogen) atoms. The van der Waals surface area contributed by atoms with E-state index in [0.717, 1.165) is 22.9 Å². The van der Waals surface area contributed by atoms with Gasteiger partial charge in [0.15, 0.2) is 0 Å². The number of pyridine rings is 1. The fourth-order valence-electron chi connectivity index (χ4n) is 2.55. The van der Waals surface area contributed by atoms with Gasteiger partial charge in [-0.15, -0.1) is 0 Å². The van der Waals surface area contributed by atoms with Crippen molar-refractivity contribution < 1.29 is 18.3 Å². The van der Waals surface area contributed by atoms with Crippen molar-refractivity contribution in [1.29, 1.82) is 0 Å². The summed E-state index contributed by atoms with van der Waals surface area (Å²) in [7, 11) is 0. The quantitative estimate of drug-likeness (QED) is 0.664. The lowest BCUT2D eigenvalue weighted by molar-refractivity contribution is -0.0500. The van der Waals surface area contributed by atoms with E-state index in [1.165, 1.54) is 18.5 Å². The first-order valence-corrected chi connectivity index (χ1v) is 7.37. The smallest absolute Gasteiger partial charge is 0.387 e. The number of nitrogens with zero attached hydrogens (tertiary/aromatic N) is 3. The topological polar surface area (TPSA) is 57.0 Å². The summed E-state index contributed by atoms with van der Waals surface area (Å²) in [6.45, 7) is 1.07. The summed E-state index contributed by atoms with van der Waals surface area (Å²) in [5.74, 6) is 0.0888. The summed E-state index contributed by atoms with van der Waals surface area (Å²) in [5, 5.41) is 5.41. The SMILES string of the molecule is CC(C)c1nn(-c2cncc(OC(F)F)c2)c2ccc(C=O)cc12. The Labute approximate surface area is 136 Å². The molecule has 2 aromatic heterocycles. The number of carbonyl (C=O) groups is 1. The van der Waals surface area contributed by atoms with Gasteiger partial charge in [0.1, 0.15) is 12.0 Å². The zero-order valence-electron chi connectivity index (χ0n) is 13.1. The third-order valence-electron chi connectivity index (χ3n) is 3.58. The highest BCUT2D eigenvalue weighted by molar-refractivity contribution is 5.90. The number of fused-ring (bicyclic) bond motifs is 1. The van der Waals surface area contributed by atoms with Gasteiger partial charge < -0.3 is 4.74 Å². The molecule has 0 atom stereocenters. The number of hydrogen-bond acceptors (Lipinski definition) is 4. The highest BCUT2D eigenvalue weighted by atomic mass is 19.3. The van der Waals surface area contributed by atoms with E-state index in [0.29, 0.717) is 11.3 Å². The Hall–Kier alpha value is -2.83. The van der Waals surface area contributed by atoms with E-state index in [9.17, 15) is 13.6 Å². The van der Waals surface area contributed by atoms with Crippen molar-refractivity contribution in [2.75, 3.05) is 0 Å². The predicted molar refractivity (Wildman–Crippen MR) is 85.0 cm³/mol. The van der Waals surface area contributed by atoms with Crippen LogP contribution < -0.4 is 4.74 Å². The highest BCUT2D eigenvalue weighted by Gasteiger charge is 2.16. The zero-order chi connectivity index (χ0) is 17.3. The molecule has 2 heterocycles. The van der Waals surface area contributed by atoms with Crippen LogP contribution in [-0.2, 0) is 0 Å². The van der Waals surface area contributed by atoms with E-state index < -0.39 is 6.61 Å². The summed E-state index contributed by atoms with van der Waals surface area (Å²) in [5.41, 5.74) is 2.63. The Morgan fingerprint density at radius 2 is 2.00 bits per heavy atom. The lowest BCUT2D eigenvalue weighted by atomic mass is 10.0. The number of halogens is 2. The van der Waals surface area contributed by atoms with Gasteiger partial charge in [-0.3, -0.25) is 9.78 Å². The normalized spacial score (nSPS) is 11.4. The van der Waals surface area contributed by atoms with Crippen LogP contribution in [-0.4, -0.2) is 27.7 Å². The van der Waals surface area contributed by atoms with Gasteiger partial charge in [0.05, 0.1) is 29.3 Å². The standard InChI is InChI=1S/C17H15F2N3O2/c1-10(2)16-14-5-11(9-23)3-4-15(14)22(21-16)12-6-13(8-20-7-12)24-17(18)19/h3-10,17H,1-2H3. The molecule has 0 radical (unpaired) electrons. The molecule has 0 bridgehead atoms. The summed E-state index contributed by atoms with van der Waals surface area (Å²) < 4.78 is 30.8. The van der Waals surface area contributed by atoms with Crippen molar-refractivity contribution in [3.63, 3.8) is 0 Å². The average Bonchev–Trinajstić information content (AvgIpc) is 2.93. The maximum Gasteiger partial charge on any atom is 0.387 e. The Balaban J connectivity index is 2.18. The number of aldehydes is 1. The third-order valence-corrected chi connectivity index (χ3v) is 3.58. The molecule has 0 aliphatic heterocycles. The minimum atomic E-state index is -2.92. The number of hydrogen-bond donors (Lipinski definition) is 0. The minimum Gasteiger partial charge on any atom is -0.433 e. The Bertz CT molecular complexity index is 891. The number of aromatic nitrogens is 3. The Morgan fingerprint density at radius 3 is 2.67 bits per heavy atom. The molecule has 0 aliphatic carbocycles. The lowest BCUT2D eigenvalue weighted by Gasteiger charge is -2.07. The van der Waals surface area contributed by atoms with Crippen LogP contribution in [0.15, 0.2) is 36.7 Å². The van der Waals surface area contributed by atoms with Crippen LogP contribution in [0, 0.1) is 0 Å². The Kier molecular flexibility index (Phi) is 4.24. The largest absolute Gasteiger partial charge is 0.433 e. The second kappa shape index (κ2) is 6.35. The van der Waals surface area contributed by atoms with Gasteiger partial charge in [-0.1, -0.05) is 13.8 Å². The second-order valence-electron chi connectivity index (χ2n) is 5.60. The third kappa shape index (κ3) is 2.97. The van der Waals surface area contributed by atoms with E-state index in [-0.39, 0.29) is 11.7 Å². The van der Waals surface area contributed by atoms with Gasteiger partial charge in [0.25, 0.3) is 0 Å². The summed E-state index contributed by atoms with van der Waals surface area (Å²) >= 11 is 0. The number of benzene rings is 1. The van der Waals surface area contributed by atoms with Crippen LogP contribution in [0.1, 0.15) is 35.8 Å². The van der Waals surface area contributed by atoms with Gasteiger partial charge in [-0.2, -0.15) is 13.9 Å². The van der Waals surface area contributed by atoms with Gasteiger partial charge >= 0.3 is 6.61 Å². The summed E-state index contributed by atoms with van der Waals surface area (Å²) in [4.78, 5) is 15.0. The maximum absolute atomic E-state index is 12.4. The van der Waals surface area contributed by atoms with Crippen molar-refractivity contribution in [3.05, 3.63) is 47.9 Å². The highest BCUT2D eigenvalue weighted by Crippen LogP contribution is 2.28. The lowest BCUT2D eigenvalue weighted by Crippen LogP contribution is -2.04. The predicted octanol–water partition coefficient (Wildman–Crippen LogP) is 3.96. The van der Waals surface area contributed by atoms with Crippen molar-refractivity contribution in [3.8, 4) is 11.4 Å². The number of alkyl halides is 2. The Morgan fingerprint density at radius 1 is 1.21 bits per heavy atom. The summed E-state index contributed by atoms with van der Waals surface area (Å²) in [6.07, 6.45) is 3.51. The molecule has 0 unspecified atom stereocenters. The van der Waals surface area contributed by atoms with Crippen LogP contribution in [0.2, 0.25) is 0 Å². The molecule has 0 amide bonds. The van der Waals surface area contributed by atoms with E-state index >= 15 is 0 Å². The van der Waals surface area contributed by atoms with E-state index in [4.69, 9.17) is 0 Å². The van der Waals surface area contributed by atoms with Crippen LogP contribution >= 0.6 is 0 Å². The van der Waals surface area contributed by atoms with E-state index in [1.54, 1.807) is 22.9 Å². The molecule has 0 spiro atoms. The molecule has 0 aliphatic rings.